The number of aliphatic carboxylic acids is 1. The third-order valence-corrected chi connectivity index (χ3v) is 4.95. The number of nitrogens with zero attached hydrogens (tertiary/aromatic N) is 4. The molecule has 0 spiro atoms. The Balaban J connectivity index is 0.000000479. The van der Waals surface area contributed by atoms with Gasteiger partial charge in [-0.25, -0.2) is 0 Å². The van der Waals surface area contributed by atoms with Gasteiger partial charge in [0, 0.05) is 32.0 Å². The summed E-state index contributed by atoms with van der Waals surface area (Å²) in [5.41, 5.74) is 4.17. The predicted octanol–water partition coefficient (Wildman–Crippen LogP) is 4.80. The Hall–Kier alpha value is -3.55. The van der Waals surface area contributed by atoms with E-state index in [-0.39, 0.29) is 18.2 Å². The third-order valence-electron chi connectivity index (χ3n) is 4.95. The predicted molar refractivity (Wildman–Crippen MR) is 128 cm³/mol. The second-order valence-electron chi connectivity index (χ2n) is 8.32. The molecule has 3 rings (SSSR count). The smallest absolute Gasteiger partial charge is 0.303 e. The van der Waals surface area contributed by atoms with Crippen LogP contribution in [0.1, 0.15) is 52.0 Å². The van der Waals surface area contributed by atoms with Crippen LogP contribution >= 0.6 is 0 Å². The lowest BCUT2D eigenvalue weighted by atomic mass is 9.98. The number of aromatic amines is 1. The Morgan fingerprint density at radius 2 is 1.73 bits per heavy atom. The average Bonchev–Trinajstić information content (AvgIpc) is 3.32. The molecule has 8 nitrogen and oxygen atoms in total. The summed E-state index contributed by atoms with van der Waals surface area (Å²) < 4.78 is 0. The molecule has 0 aliphatic rings. The lowest BCUT2D eigenvalue weighted by molar-refractivity contribution is -0.137. The quantitative estimate of drug-likeness (QED) is 0.483. The van der Waals surface area contributed by atoms with Gasteiger partial charge in [-0.1, -0.05) is 75.7 Å². The van der Waals surface area contributed by atoms with Gasteiger partial charge in [0.05, 0.1) is 0 Å². The van der Waals surface area contributed by atoms with Crippen molar-refractivity contribution in [3.05, 3.63) is 54.1 Å². The van der Waals surface area contributed by atoms with Gasteiger partial charge in [0.1, 0.15) is 0 Å². The van der Waals surface area contributed by atoms with E-state index in [0.29, 0.717) is 18.8 Å². The van der Waals surface area contributed by atoms with E-state index in [1.807, 2.05) is 45.2 Å². The number of benzene rings is 2. The van der Waals surface area contributed by atoms with E-state index in [9.17, 15) is 9.59 Å². The van der Waals surface area contributed by atoms with Crippen molar-refractivity contribution >= 4 is 11.9 Å². The Bertz CT molecular complexity index is 1000. The second kappa shape index (κ2) is 13.1. The first-order valence-corrected chi connectivity index (χ1v) is 11.2. The highest BCUT2D eigenvalue weighted by molar-refractivity contribution is 5.80. The standard InChI is InChI=1S/C20H23N5O.C5H10O2/c1-3-4-9-19(26)25(2)14-15-10-12-16(13-11-15)17-7-5-6-8-18(17)20-21-23-24-22-20;1-4(2)3-5(6)7/h5-8,10-13H,3-4,9,14H2,1-2H3,(H,21,22,23,24);4H,3H2,1-2H3,(H,6,7). The number of tetrazole rings is 1. The van der Waals surface area contributed by atoms with E-state index in [4.69, 9.17) is 5.11 Å². The van der Waals surface area contributed by atoms with Crippen LogP contribution in [-0.4, -0.2) is 49.6 Å². The van der Waals surface area contributed by atoms with E-state index in [1.54, 1.807) is 4.90 Å². The van der Waals surface area contributed by atoms with Crippen LogP contribution in [0.4, 0.5) is 0 Å². The molecule has 8 heteroatoms. The molecule has 176 valence electrons. The highest BCUT2D eigenvalue weighted by atomic mass is 16.4. The third kappa shape index (κ3) is 8.48. The lowest BCUT2D eigenvalue weighted by Gasteiger charge is -2.17. The summed E-state index contributed by atoms with van der Waals surface area (Å²) in [6, 6.07) is 16.2. The molecule has 2 N–H and O–H groups in total. The van der Waals surface area contributed by atoms with Gasteiger partial charge < -0.3 is 10.0 Å². The van der Waals surface area contributed by atoms with Crippen molar-refractivity contribution in [3.63, 3.8) is 0 Å². The van der Waals surface area contributed by atoms with Crippen LogP contribution in [0.2, 0.25) is 0 Å². The minimum Gasteiger partial charge on any atom is -0.481 e. The summed E-state index contributed by atoms with van der Waals surface area (Å²) >= 11 is 0. The molecular formula is C25H33N5O3. The van der Waals surface area contributed by atoms with E-state index in [2.05, 4.69) is 51.8 Å². The summed E-state index contributed by atoms with van der Waals surface area (Å²) in [6.07, 6.45) is 2.87. The lowest BCUT2D eigenvalue weighted by Crippen LogP contribution is -2.25. The Kier molecular flexibility index (Phi) is 10.2. The van der Waals surface area contributed by atoms with Crippen LogP contribution in [0, 0.1) is 5.92 Å². The van der Waals surface area contributed by atoms with Crippen molar-refractivity contribution in [2.45, 2.75) is 53.0 Å². The van der Waals surface area contributed by atoms with Gasteiger partial charge in [-0.2, -0.15) is 5.21 Å². The summed E-state index contributed by atoms with van der Waals surface area (Å²) in [6.45, 7) is 6.48. The van der Waals surface area contributed by atoms with Gasteiger partial charge in [-0.05, 0) is 34.2 Å². The zero-order valence-electron chi connectivity index (χ0n) is 19.8. The number of hydrogen-bond acceptors (Lipinski definition) is 5. The van der Waals surface area contributed by atoms with E-state index >= 15 is 0 Å². The maximum atomic E-state index is 12.1. The number of aromatic nitrogens is 4. The Labute approximate surface area is 195 Å². The zero-order chi connectivity index (χ0) is 24.2. The molecule has 0 aliphatic carbocycles. The zero-order valence-corrected chi connectivity index (χ0v) is 19.8. The van der Waals surface area contributed by atoms with Crippen LogP contribution < -0.4 is 0 Å². The van der Waals surface area contributed by atoms with Crippen LogP contribution in [0.3, 0.4) is 0 Å². The molecule has 1 aromatic heterocycles. The van der Waals surface area contributed by atoms with E-state index in [0.717, 1.165) is 35.1 Å². The van der Waals surface area contributed by atoms with Crippen LogP contribution in [0.25, 0.3) is 22.5 Å². The molecule has 0 aliphatic heterocycles. The molecule has 2 aromatic carbocycles. The monoisotopic (exact) mass is 451 g/mol. The number of unbranched alkanes of at least 4 members (excludes halogenated alkanes) is 1. The minimum atomic E-state index is -0.713. The molecule has 0 radical (unpaired) electrons. The largest absolute Gasteiger partial charge is 0.481 e. The molecule has 1 heterocycles. The molecule has 3 aromatic rings. The van der Waals surface area contributed by atoms with E-state index < -0.39 is 5.97 Å². The molecule has 0 atom stereocenters. The summed E-state index contributed by atoms with van der Waals surface area (Å²) in [7, 11) is 1.86. The number of hydrogen-bond donors (Lipinski definition) is 2. The average molecular weight is 452 g/mol. The number of amides is 1. The fourth-order valence-electron chi connectivity index (χ4n) is 3.23. The fourth-order valence-corrected chi connectivity index (χ4v) is 3.23. The molecule has 0 unspecified atom stereocenters. The topological polar surface area (TPSA) is 112 Å². The van der Waals surface area contributed by atoms with Crippen molar-refractivity contribution in [1.82, 2.24) is 25.5 Å². The van der Waals surface area contributed by atoms with Crippen LogP contribution in [0.15, 0.2) is 48.5 Å². The first kappa shape index (κ1) is 25.7. The summed E-state index contributed by atoms with van der Waals surface area (Å²) in [5, 5.41) is 22.4. The van der Waals surface area contributed by atoms with Crippen LogP contribution in [-0.2, 0) is 16.1 Å². The van der Waals surface area contributed by atoms with Crippen molar-refractivity contribution in [3.8, 4) is 22.5 Å². The first-order valence-electron chi connectivity index (χ1n) is 11.2. The highest BCUT2D eigenvalue weighted by Gasteiger charge is 2.12. The normalized spacial score (nSPS) is 10.5. The van der Waals surface area contributed by atoms with Gasteiger partial charge in [0.2, 0.25) is 11.7 Å². The maximum absolute atomic E-state index is 12.1. The van der Waals surface area contributed by atoms with Crippen molar-refractivity contribution in [2.24, 2.45) is 5.92 Å². The number of nitrogens with one attached hydrogen (secondary N) is 1. The highest BCUT2D eigenvalue weighted by Crippen LogP contribution is 2.29. The van der Waals surface area contributed by atoms with Gasteiger partial charge >= 0.3 is 5.97 Å². The molecular weight excluding hydrogens is 418 g/mol. The number of carbonyl (C=O) groups is 2. The van der Waals surface area contributed by atoms with Gasteiger partial charge in [0.15, 0.2) is 0 Å². The van der Waals surface area contributed by atoms with Crippen molar-refractivity contribution in [1.29, 1.82) is 0 Å². The Morgan fingerprint density at radius 3 is 2.24 bits per heavy atom. The SMILES string of the molecule is CC(C)CC(=O)O.CCCCC(=O)N(C)Cc1ccc(-c2ccccc2-c2nn[nH]n2)cc1. The van der Waals surface area contributed by atoms with Gasteiger partial charge in [-0.3, -0.25) is 9.59 Å². The molecule has 1 amide bonds. The number of rotatable bonds is 9. The fraction of sp³-hybridized carbons (Fsp3) is 0.400. The van der Waals surface area contributed by atoms with Crippen LogP contribution in [0.5, 0.6) is 0 Å². The summed E-state index contributed by atoms with van der Waals surface area (Å²) in [5.74, 6) is 0.330. The van der Waals surface area contributed by atoms with E-state index in [1.165, 1.54) is 0 Å². The van der Waals surface area contributed by atoms with Gasteiger partial charge in [-0.15, -0.1) is 10.2 Å². The number of carboxylic acid groups (broad SMARTS) is 1. The molecule has 0 bridgehead atoms. The molecule has 0 fully saturated rings. The number of H-pyrrole nitrogens is 1. The second-order valence-corrected chi connectivity index (χ2v) is 8.32. The molecule has 0 saturated heterocycles. The number of carbonyl (C=O) groups excluding carboxylic acids is 1. The number of carboxylic acids is 1. The minimum absolute atomic E-state index is 0.193. The maximum Gasteiger partial charge on any atom is 0.303 e. The van der Waals surface area contributed by atoms with Gasteiger partial charge in [0.25, 0.3) is 0 Å². The van der Waals surface area contributed by atoms with Crippen molar-refractivity contribution < 1.29 is 14.7 Å². The Morgan fingerprint density at radius 1 is 1.06 bits per heavy atom. The molecule has 33 heavy (non-hydrogen) atoms. The first-order chi connectivity index (χ1) is 15.8. The molecule has 0 saturated carbocycles. The summed E-state index contributed by atoms with van der Waals surface area (Å²) in [4.78, 5) is 23.7. The van der Waals surface area contributed by atoms with Crippen molar-refractivity contribution in [2.75, 3.05) is 7.05 Å².